The van der Waals surface area contributed by atoms with Gasteiger partial charge in [-0.25, -0.2) is 0 Å². The molecule has 0 N–H and O–H groups in total. The highest BCUT2D eigenvalue weighted by atomic mass is 15.3. The number of hydrogen-bond acceptors (Lipinski definition) is 1. The van der Waals surface area contributed by atoms with Gasteiger partial charge in [-0.2, -0.15) is 0 Å². The van der Waals surface area contributed by atoms with E-state index in [-0.39, 0.29) is 6.17 Å². The molecule has 256 valence electrons. The predicted octanol–water partition coefficient (Wildman–Crippen LogP) is 15.1. The van der Waals surface area contributed by atoms with Gasteiger partial charge in [-0.15, -0.1) is 5.69 Å². The lowest BCUT2D eigenvalue weighted by atomic mass is 9.83. The number of hydrogen-bond donors (Lipinski definition) is 0. The quantitative estimate of drug-likeness (QED) is 0.168. The zero-order chi connectivity index (χ0) is 36.0. The second kappa shape index (κ2) is 11.7. The van der Waals surface area contributed by atoms with Crippen molar-refractivity contribution in [2.24, 2.45) is 0 Å². The molecule has 1 atom stereocenters. The molecule has 10 aromatic carbocycles. The van der Waals surface area contributed by atoms with Crippen molar-refractivity contribution >= 4 is 60.2 Å². The summed E-state index contributed by atoms with van der Waals surface area (Å²) in [5, 5.41) is 15.2. The number of nitrogens with zero attached hydrogens (tertiary/aromatic N) is 2. The molecule has 2 aliphatic heterocycles. The molecule has 2 nitrogen and oxygen atoms in total. The summed E-state index contributed by atoms with van der Waals surface area (Å²) in [6.07, 6.45) is -0.0802. The van der Waals surface area contributed by atoms with Crippen LogP contribution in [0, 0.1) is 0 Å². The summed E-state index contributed by atoms with van der Waals surface area (Å²) >= 11 is 0. The first kappa shape index (κ1) is 30.3. The fourth-order valence-corrected chi connectivity index (χ4v) is 9.34. The summed E-state index contributed by atoms with van der Waals surface area (Å²) in [5.74, 6) is 0. The molecule has 0 aromatic heterocycles. The minimum absolute atomic E-state index is 0.0802. The smallest absolute Gasteiger partial charge is 0.0481 e. The average molecular weight is 698 g/mol. The van der Waals surface area contributed by atoms with Gasteiger partial charge in [0.15, 0.2) is 0 Å². The number of para-hydroxylation sites is 3. The predicted molar refractivity (Wildman–Crippen MR) is 233 cm³/mol. The first-order valence-electron chi connectivity index (χ1n) is 19.1. The Labute approximate surface area is 319 Å². The van der Waals surface area contributed by atoms with E-state index in [9.17, 15) is 0 Å². The van der Waals surface area contributed by atoms with E-state index in [0.717, 1.165) is 5.69 Å². The second-order valence-corrected chi connectivity index (χ2v) is 14.9. The van der Waals surface area contributed by atoms with Crippen molar-refractivity contribution < 1.29 is 0 Å². The number of benzene rings is 10. The molecule has 0 bridgehead atoms. The summed E-state index contributed by atoms with van der Waals surface area (Å²) in [6.45, 7) is 0. The van der Waals surface area contributed by atoms with Gasteiger partial charge in [-0.05, 0) is 130 Å². The number of rotatable bonds is 3. The molecular weight excluding hydrogens is 665 g/mol. The van der Waals surface area contributed by atoms with Crippen LogP contribution in [0.4, 0.5) is 17.1 Å². The lowest BCUT2D eigenvalue weighted by Crippen LogP contribution is -2.23. The van der Waals surface area contributed by atoms with Crippen LogP contribution in [-0.2, 0) is 0 Å². The molecule has 0 amide bonds. The van der Waals surface area contributed by atoms with E-state index in [1.54, 1.807) is 0 Å². The zero-order valence-electron chi connectivity index (χ0n) is 29.9. The van der Waals surface area contributed by atoms with Gasteiger partial charge in [0.05, 0.1) is 0 Å². The molecule has 2 heterocycles. The van der Waals surface area contributed by atoms with Crippen LogP contribution in [0.25, 0.3) is 92.9 Å². The SMILES string of the molecule is c1ccc2c(c1)[N-]C1c3ccc(-c4ccc5c(-c6ccc7ccccc7c6)c6ccccc6c(-c6ccc7ccccc7c6)c5c4)cc3-c3ccccc3N21. The molecule has 0 fully saturated rings. The van der Waals surface area contributed by atoms with Crippen LogP contribution < -0.4 is 4.90 Å². The molecule has 2 aliphatic rings. The van der Waals surface area contributed by atoms with E-state index in [1.165, 1.54) is 105 Å². The normalized spacial score (nSPS) is 14.1. The topological polar surface area (TPSA) is 17.3 Å². The van der Waals surface area contributed by atoms with Crippen molar-refractivity contribution in [3.8, 4) is 44.5 Å². The highest BCUT2D eigenvalue weighted by Crippen LogP contribution is 2.59. The van der Waals surface area contributed by atoms with Crippen molar-refractivity contribution in [3.63, 3.8) is 0 Å². The van der Waals surface area contributed by atoms with Crippen LogP contribution in [0.2, 0.25) is 0 Å². The van der Waals surface area contributed by atoms with E-state index in [0.29, 0.717) is 0 Å². The van der Waals surface area contributed by atoms with E-state index in [1.807, 2.05) is 0 Å². The third-order valence-corrected chi connectivity index (χ3v) is 11.9. The molecule has 0 saturated carbocycles. The maximum Gasteiger partial charge on any atom is 0.0481 e. The summed E-state index contributed by atoms with van der Waals surface area (Å²) < 4.78 is 0. The summed E-state index contributed by atoms with van der Waals surface area (Å²) in [6, 6.07) is 71.6. The Morgan fingerprint density at radius 1 is 0.345 bits per heavy atom. The first-order chi connectivity index (χ1) is 27.3. The van der Waals surface area contributed by atoms with Crippen molar-refractivity contribution in [2.75, 3.05) is 4.90 Å². The van der Waals surface area contributed by atoms with Gasteiger partial charge in [0.2, 0.25) is 0 Å². The highest BCUT2D eigenvalue weighted by Gasteiger charge is 2.31. The van der Waals surface area contributed by atoms with Crippen LogP contribution in [0.1, 0.15) is 11.7 Å². The van der Waals surface area contributed by atoms with Gasteiger partial charge in [0.25, 0.3) is 0 Å². The highest BCUT2D eigenvalue weighted by molar-refractivity contribution is 6.22. The van der Waals surface area contributed by atoms with Crippen LogP contribution in [0.15, 0.2) is 194 Å². The number of anilines is 2. The first-order valence-corrected chi connectivity index (χ1v) is 19.1. The fraction of sp³-hybridized carbons (Fsp3) is 0.0189. The van der Waals surface area contributed by atoms with Gasteiger partial charge in [0, 0.05) is 16.9 Å². The van der Waals surface area contributed by atoms with E-state index < -0.39 is 0 Å². The standard InChI is InChI=1S/C53H33N2/c1-3-13-35-29-39(23-21-33(35)11-1)51-42-16-5-6-17-43(42)52(40-24-22-34-12-2-4-14-36(34)30-40)47-32-38(25-27-44(47)51)37-26-28-45-46(31-37)41-15-7-9-19-49(41)55-50-20-10-8-18-48(50)54-53(45)55/h1-32,53H/q-1. The van der Waals surface area contributed by atoms with Gasteiger partial charge in [-0.1, -0.05) is 158 Å². The minimum atomic E-state index is -0.0802. The monoisotopic (exact) mass is 697 g/mol. The Bertz CT molecular complexity index is 3210. The Balaban J connectivity index is 1.11. The molecule has 0 radical (unpaired) electrons. The van der Waals surface area contributed by atoms with Gasteiger partial charge in [0.1, 0.15) is 0 Å². The van der Waals surface area contributed by atoms with Crippen molar-refractivity contribution in [1.82, 2.24) is 0 Å². The third-order valence-electron chi connectivity index (χ3n) is 11.9. The lowest BCUT2D eigenvalue weighted by Gasteiger charge is -2.41. The molecular formula is C53H33N2-. The number of fused-ring (bicyclic) bond motifs is 12. The lowest BCUT2D eigenvalue weighted by molar-refractivity contribution is 0.852. The maximum absolute atomic E-state index is 5.24. The molecule has 55 heavy (non-hydrogen) atoms. The van der Waals surface area contributed by atoms with Crippen LogP contribution in [0.3, 0.4) is 0 Å². The van der Waals surface area contributed by atoms with Gasteiger partial charge < -0.3 is 10.2 Å². The zero-order valence-corrected chi connectivity index (χ0v) is 29.9. The Morgan fingerprint density at radius 3 is 1.60 bits per heavy atom. The maximum atomic E-state index is 5.24. The van der Waals surface area contributed by atoms with E-state index >= 15 is 0 Å². The second-order valence-electron chi connectivity index (χ2n) is 14.9. The molecule has 10 aromatic rings. The Hall–Kier alpha value is -7.16. The van der Waals surface area contributed by atoms with Crippen LogP contribution in [0.5, 0.6) is 0 Å². The van der Waals surface area contributed by atoms with E-state index in [2.05, 4.69) is 199 Å². The molecule has 1 unspecified atom stereocenters. The minimum Gasteiger partial charge on any atom is -0.659 e. The van der Waals surface area contributed by atoms with Crippen molar-refractivity contribution in [1.29, 1.82) is 0 Å². The van der Waals surface area contributed by atoms with Crippen LogP contribution >= 0.6 is 0 Å². The van der Waals surface area contributed by atoms with Crippen molar-refractivity contribution in [3.05, 3.63) is 205 Å². The van der Waals surface area contributed by atoms with Gasteiger partial charge in [-0.3, -0.25) is 0 Å². The Kier molecular flexibility index (Phi) is 6.43. The van der Waals surface area contributed by atoms with Crippen LogP contribution in [-0.4, -0.2) is 0 Å². The summed E-state index contributed by atoms with van der Waals surface area (Å²) in [5.41, 5.74) is 14.5. The summed E-state index contributed by atoms with van der Waals surface area (Å²) in [4.78, 5) is 2.40. The van der Waals surface area contributed by atoms with Gasteiger partial charge >= 0.3 is 0 Å². The molecule has 12 rings (SSSR count). The largest absolute Gasteiger partial charge is 0.659 e. The molecule has 0 spiro atoms. The fourth-order valence-electron chi connectivity index (χ4n) is 9.34. The van der Waals surface area contributed by atoms with E-state index in [4.69, 9.17) is 5.32 Å². The molecule has 0 aliphatic carbocycles. The Morgan fingerprint density at radius 2 is 0.873 bits per heavy atom. The molecule has 0 saturated heterocycles. The summed E-state index contributed by atoms with van der Waals surface area (Å²) in [7, 11) is 0. The average Bonchev–Trinajstić information content (AvgIpc) is 3.65. The molecule has 2 heteroatoms. The third kappa shape index (κ3) is 4.55. The van der Waals surface area contributed by atoms with Crippen molar-refractivity contribution in [2.45, 2.75) is 6.17 Å².